The Hall–Kier alpha value is -3.45. The molecule has 0 aliphatic carbocycles. The van der Waals surface area contributed by atoms with E-state index in [1.165, 1.54) is 4.40 Å². The number of carbonyl (C=O) groups excluding carboxylic acids is 1. The van der Waals surface area contributed by atoms with Crippen molar-refractivity contribution in [3.63, 3.8) is 0 Å². The molecule has 7 heteroatoms. The van der Waals surface area contributed by atoms with Crippen molar-refractivity contribution in [3.8, 4) is 0 Å². The first-order valence-corrected chi connectivity index (χ1v) is 9.64. The Bertz CT molecular complexity index is 1250. The quantitative estimate of drug-likeness (QED) is 0.539. The van der Waals surface area contributed by atoms with Crippen LogP contribution < -0.4 is 5.56 Å². The molecule has 1 amide bonds. The smallest absolute Gasteiger partial charge is 0.270 e. The number of ether oxygens (including phenoxy) is 1. The van der Waals surface area contributed by atoms with E-state index in [9.17, 15) is 9.59 Å². The van der Waals surface area contributed by atoms with Gasteiger partial charge in [-0.25, -0.2) is 4.98 Å². The first-order chi connectivity index (χ1) is 14.2. The van der Waals surface area contributed by atoms with Crippen molar-refractivity contribution < 1.29 is 9.53 Å². The molecule has 29 heavy (non-hydrogen) atoms. The highest BCUT2D eigenvalue weighted by molar-refractivity contribution is 5.98. The first-order valence-electron chi connectivity index (χ1n) is 9.64. The van der Waals surface area contributed by atoms with Gasteiger partial charge in [-0.3, -0.25) is 14.0 Å². The third kappa shape index (κ3) is 3.09. The lowest BCUT2D eigenvalue weighted by Crippen LogP contribution is -2.41. The minimum atomic E-state index is -0.173. The van der Waals surface area contributed by atoms with Crippen LogP contribution in [0.5, 0.6) is 0 Å². The van der Waals surface area contributed by atoms with E-state index >= 15 is 0 Å². The molecule has 1 fully saturated rings. The number of fused-ring (bicyclic) bond motifs is 2. The predicted molar refractivity (Wildman–Crippen MR) is 109 cm³/mol. The summed E-state index contributed by atoms with van der Waals surface area (Å²) in [5, 5.41) is 0.446. The van der Waals surface area contributed by atoms with Gasteiger partial charge in [0.1, 0.15) is 17.0 Å². The third-order valence-electron chi connectivity index (χ3n) is 5.28. The highest BCUT2D eigenvalue weighted by Crippen LogP contribution is 2.20. The summed E-state index contributed by atoms with van der Waals surface area (Å²) in [7, 11) is 0. The van der Waals surface area contributed by atoms with Crippen LogP contribution in [-0.2, 0) is 11.3 Å². The van der Waals surface area contributed by atoms with Crippen molar-refractivity contribution in [2.75, 3.05) is 26.3 Å². The summed E-state index contributed by atoms with van der Waals surface area (Å²) in [6.07, 6.45) is 1.70. The molecule has 1 aliphatic rings. The number of hydrogen-bond donors (Lipinski definition) is 0. The van der Waals surface area contributed by atoms with Gasteiger partial charge < -0.3 is 14.2 Å². The number of carbonyl (C=O) groups is 1. The van der Waals surface area contributed by atoms with Crippen molar-refractivity contribution in [1.82, 2.24) is 18.9 Å². The van der Waals surface area contributed by atoms with Crippen molar-refractivity contribution in [2.24, 2.45) is 0 Å². The maximum atomic E-state index is 13.3. The molecule has 0 atom stereocenters. The molecule has 1 aromatic carbocycles. The molecular weight excluding hydrogens is 368 g/mol. The Kier molecular flexibility index (Phi) is 4.37. The zero-order valence-electron chi connectivity index (χ0n) is 15.8. The van der Waals surface area contributed by atoms with Crippen molar-refractivity contribution >= 4 is 22.6 Å². The molecule has 4 aromatic rings. The van der Waals surface area contributed by atoms with Gasteiger partial charge in [0.15, 0.2) is 0 Å². The number of benzene rings is 1. The van der Waals surface area contributed by atoms with Crippen LogP contribution in [-0.4, -0.2) is 51.1 Å². The van der Waals surface area contributed by atoms with E-state index in [1.54, 1.807) is 29.3 Å². The topological polar surface area (TPSA) is 68.8 Å². The van der Waals surface area contributed by atoms with Crippen LogP contribution in [0.1, 0.15) is 16.1 Å². The highest BCUT2D eigenvalue weighted by atomic mass is 16.5. The molecule has 0 radical (unpaired) electrons. The maximum absolute atomic E-state index is 13.3. The van der Waals surface area contributed by atoms with Gasteiger partial charge in [-0.15, -0.1) is 0 Å². The molecule has 0 saturated carbocycles. The van der Waals surface area contributed by atoms with Crippen molar-refractivity contribution in [3.05, 3.63) is 82.4 Å². The third-order valence-corrected chi connectivity index (χ3v) is 5.28. The van der Waals surface area contributed by atoms with Crippen molar-refractivity contribution in [2.45, 2.75) is 6.54 Å². The Morgan fingerprint density at radius 3 is 2.59 bits per heavy atom. The van der Waals surface area contributed by atoms with E-state index in [0.29, 0.717) is 55.2 Å². The normalized spacial score (nSPS) is 14.6. The van der Waals surface area contributed by atoms with E-state index in [4.69, 9.17) is 9.72 Å². The summed E-state index contributed by atoms with van der Waals surface area (Å²) >= 11 is 0. The summed E-state index contributed by atoms with van der Waals surface area (Å²) < 4.78 is 8.75. The molecule has 0 unspecified atom stereocenters. The molecule has 1 aliphatic heterocycles. The Labute approximate surface area is 166 Å². The van der Waals surface area contributed by atoms with E-state index in [2.05, 4.69) is 0 Å². The number of amides is 1. The minimum Gasteiger partial charge on any atom is -0.378 e. The number of morpholine rings is 1. The van der Waals surface area contributed by atoms with Gasteiger partial charge in [-0.1, -0.05) is 36.4 Å². The lowest BCUT2D eigenvalue weighted by molar-refractivity contribution is 0.0296. The minimum absolute atomic E-state index is 0.101. The van der Waals surface area contributed by atoms with Crippen LogP contribution in [0.15, 0.2) is 65.6 Å². The van der Waals surface area contributed by atoms with Crippen LogP contribution in [0.2, 0.25) is 0 Å². The zero-order valence-corrected chi connectivity index (χ0v) is 15.8. The van der Waals surface area contributed by atoms with Gasteiger partial charge in [-0.2, -0.15) is 0 Å². The molecule has 146 valence electrons. The summed E-state index contributed by atoms with van der Waals surface area (Å²) in [5.74, 6) is -0.101. The standard InChI is InChI=1S/C22H20N4O3/c27-21-17-14-18(22(28)24-10-12-29-13-11-24)26(15-16-6-2-1-3-7-16)20(17)23-19-8-4-5-9-25(19)21/h1-9,14H,10-13,15H2. The monoisotopic (exact) mass is 388 g/mol. The molecule has 0 bridgehead atoms. The average Bonchev–Trinajstić information content (AvgIpc) is 3.13. The Balaban J connectivity index is 1.72. The van der Waals surface area contributed by atoms with E-state index in [1.807, 2.05) is 41.0 Å². The first kappa shape index (κ1) is 17.6. The lowest BCUT2D eigenvalue weighted by Gasteiger charge is -2.27. The van der Waals surface area contributed by atoms with Gasteiger partial charge >= 0.3 is 0 Å². The molecule has 0 N–H and O–H groups in total. The fraction of sp³-hybridized carbons (Fsp3) is 0.227. The van der Waals surface area contributed by atoms with E-state index in [0.717, 1.165) is 5.56 Å². The molecule has 5 rings (SSSR count). The second-order valence-corrected chi connectivity index (χ2v) is 7.09. The largest absolute Gasteiger partial charge is 0.378 e. The lowest BCUT2D eigenvalue weighted by atomic mass is 10.2. The predicted octanol–water partition coefficient (Wildman–Crippen LogP) is 2.17. The number of aromatic nitrogens is 3. The summed E-state index contributed by atoms with van der Waals surface area (Å²) in [5.41, 5.74) is 2.43. The van der Waals surface area contributed by atoms with Gasteiger partial charge in [0.2, 0.25) is 0 Å². The van der Waals surface area contributed by atoms with Crippen LogP contribution >= 0.6 is 0 Å². The molecule has 7 nitrogen and oxygen atoms in total. The second kappa shape index (κ2) is 7.18. The molecular formula is C22H20N4O3. The number of nitrogens with zero attached hydrogens (tertiary/aromatic N) is 4. The summed E-state index contributed by atoms with van der Waals surface area (Å²) in [6.45, 7) is 2.59. The zero-order chi connectivity index (χ0) is 19.8. The second-order valence-electron chi connectivity index (χ2n) is 7.09. The van der Waals surface area contributed by atoms with Crippen LogP contribution in [0.3, 0.4) is 0 Å². The van der Waals surface area contributed by atoms with E-state index in [-0.39, 0.29) is 11.5 Å². The highest BCUT2D eigenvalue weighted by Gasteiger charge is 2.25. The maximum Gasteiger partial charge on any atom is 0.270 e. The van der Waals surface area contributed by atoms with E-state index < -0.39 is 0 Å². The van der Waals surface area contributed by atoms with Crippen LogP contribution in [0.25, 0.3) is 16.7 Å². The van der Waals surface area contributed by atoms with Gasteiger partial charge in [0, 0.05) is 25.8 Å². The van der Waals surface area contributed by atoms with Crippen molar-refractivity contribution in [1.29, 1.82) is 0 Å². The Morgan fingerprint density at radius 1 is 1.03 bits per heavy atom. The number of pyridine rings is 1. The average molecular weight is 388 g/mol. The fourth-order valence-electron chi connectivity index (χ4n) is 3.78. The Morgan fingerprint density at radius 2 is 1.79 bits per heavy atom. The SMILES string of the molecule is O=C(c1cc2c(=O)n3ccccc3nc2n1Cc1ccccc1)N1CCOCC1. The summed E-state index contributed by atoms with van der Waals surface area (Å²) in [4.78, 5) is 32.9. The van der Waals surface area contributed by atoms with Gasteiger partial charge in [0.05, 0.1) is 18.6 Å². The molecule has 3 aromatic heterocycles. The van der Waals surface area contributed by atoms with Gasteiger partial charge in [0.25, 0.3) is 11.5 Å². The molecule has 4 heterocycles. The number of rotatable bonds is 3. The summed E-state index contributed by atoms with van der Waals surface area (Å²) in [6, 6.07) is 17.0. The fourth-order valence-corrected chi connectivity index (χ4v) is 3.78. The van der Waals surface area contributed by atoms with Crippen LogP contribution in [0, 0.1) is 0 Å². The van der Waals surface area contributed by atoms with Gasteiger partial charge in [-0.05, 0) is 23.8 Å². The van der Waals surface area contributed by atoms with Crippen LogP contribution in [0.4, 0.5) is 0 Å². The number of hydrogen-bond acceptors (Lipinski definition) is 4. The molecule has 1 saturated heterocycles. The molecule has 0 spiro atoms.